The van der Waals surface area contributed by atoms with Crippen molar-refractivity contribution >= 4 is 17.8 Å². The molecule has 6 heteroatoms. The van der Waals surface area contributed by atoms with E-state index in [9.17, 15) is 13.2 Å². The van der Waals surface area contributed by atoms with Crippen molar-refractivity contribution in [3.63, 3.8) is 0 Å². The largest absolute Gasteiger partial charge is 0.398 e. The highest BCUT2D eigenvalue weighted by atomic mass is 19.4. The van der Waals surface area contributed by atoms with Crippen LogP contribution in [0.3, 0.4) is 0 Å². The fraction of sp³-hybridized carbons (Fsp3) is 0.500. The van der Waals surface area contributed by atoms with Crippen LogP contribution in [-0.4, -0.2) is 42.2 Å². The molecule has 1 aliphatic carbocycles. The molecule has 0 saturated carbocycles. The summed E-state index contributed by atoms with van der Waals surface area (Å²) in [6, 6.07) is 1.82. The fourth-order valence-electron chi connectivity index (χ4n) is 3.18. The van der Waals surface area contributed by atoms with Crippen LogP contribution in [0.1, 0.15) is 19.3 Å². The van der Waals surface area contributed by atoms with Gasteiger partial charge in [-0.15, -0.1) is 0 Å². The Morgan fingerprint density at radius 1 is 1.21 bits per heavy atom. The van der Waals surface area contributed by atoms with Crippen LogP contribution >= 0.6 is 0 Å². The van der Waals surface area contributed by atoms with Gasteiger partial charge in [0.25, 0.3) is 0 Å². The van der Waals surface area contributed by atoms with E-state index >= 15 is 0 Å². The SMILES string of the molecule is FC(F)(F)C1C=CC=c2c(NCCN3CCCCC3)ccnc2=C1. The van der Waals surface area contributed by atoms with Gasteiger partial charge >= 0.3 is 6.18 Å². The molecule has 24 heavy (non-hydrogen) atoms. The van der Waals surface area contributed by atoms with Crippen LogP contribution in [0.2, 0.25) is 0 Å². The lowest BCUT2D eigenvalue weighted by Gasteiger charge is -2.26. The van der Waals surface area contributed by atoms with Crippen LogP contribution in [-0.2, 0) is 0 Å². The number of nitrogens with one attached hydrogen (secondary N) is 1. The minimum atomic E-state index is -4.29. The molecule has 0 bridgehead atoms. The summed E-state index contributed by atoms with van der Waals surface area (Å²) >= 11 is 0. The monoisotopic (exact) mass is 337 g/mol. The van der Waals surface area contributed by atoms with E-state index in [1.807, 2.05) is 6.07 Å². The summed E-state index contributed by atoms with van der Waals surface area (Å²) in [4.78, 5) is 6.55. The zero-order chi connectivity index (χ0) is 17.0. The Labute approximate surface area is 139 Å². The Hall–Kier alpha value is -1.82. The normalized spacial score (nSPS) is 21.4. The van der Waals surface area contributed by atoms with E-state index in [4.69, 9.17) is 0 Å². The molecule has 0 amide bonds. The maximum Gasteiger partial charge on any atom is 0.398 e. The zero-order valence-corrected chi connectivity index (χ0v) is 13.5. The van der Waals surface area contributed by atoms with Crippen molar-refractivity contribution in [3.05, 3.63) is 35.0 Å². The first-order valence-electron chi connectivity index (χ1n) is 8.42. The first-order valence-corrected chi connectivity index (χ1v) is 8.42. The average Bonchev–Trinajstić information content (AvgIpc) is 2.79. The Balaban J connectivity index is 1.74. The third-order valence-corrected chi connectivity index (χ3v) is 4.51. The van der Waals surface area contributed by atoms with Gasteiger partial charge in [0.15, 0.2) is 0 Å². The van der Waals surface area contributed by atoms with Gasteiger partial charge in [0.05, 0.1) is 11.3 Å². The van der Waals surface area contributed by atoms with Gasteiger partial charge in [-0.3, -0.25) is 4.98 Å². The predicted octanol–water partition coefficient (Wildman–Crippen LogP) is 2.29. The Kier molecular flexibility index (Phi) is 5.23. The third-order valence-electron chi connectivity index (χ3n) is 4.51. The molecule has 1 aromatic heterocycles. The standard InChI is InChI=1S/C18H22F3N3/c19-18(20,21)14-5-4-6-15-16(7-8-22-17(15)13-14)23-9-12-24-10-2-1-3-11-24/h4-8,13-14,23H,1-3,9-12H2. The van der Waals surface area contributed by atoms with Crippen LogP contribution < -0.4 is 15.9 Å². The van der Waals surface area contributed by atoms with Crippen molar-refractivity contribution in [1.29, 1.82) is 0 Å². The van der Waals surface area contributed by atoms with Gasteiger partial charge in [0.1, 0.15) is 0 Å². The lowest BCUT2D eigenvalue weighted by atomic mass is 10.1. The maximum atomic E-state index is 13.0. The predicted molar refractivity (Wildman–Crippen MR) is 89.9 cm³/mol. The minimum Gasteiger partial charge on any atom is -0.383 e. The van der Waals surface area contributed by atoms with E-state index in [-0.39, 0.29) is 0 Å². The molecule has 1 aliphatic heterocycles. The zero-order valence-electron chi connectivity index (χ0n) is 13.5. The molecule has 3 rings (SSSR count). The van der Waals surface area contributed by atoms with Crippen molar-refractivity contribution in [2.45, 2.75) is 25.4 Å². The Morgan fingerprint density at radius 2 is 2.00 bits per heavy atom. The second-order valence-electron chi connectivity index (χ2n) is 6.27. The maximum absolute atomic E-state index is 13.0. The molecule has 1 unspecified atom stereocenters. The highest BCUT2D eigenvalue weighted by Crippen LogP contribution is 2.28. The lowest BCUT2D eigenvalue weighted by Crippen LogP contribution is -2.36. The van der Waals surface area contributed by atoms with Gasteiger partial charge in [-0.1, -0.05) is 24.6 Å². The number of hydrogen-bond donors (Lipinski definition) is 1. The van der Waals surface area contributed by atoms with Gasteiger partial charge in [0.2, 0.25) is 0 Å². The van der Waals surface area contributed by atoms with Crippen molar-refractivity contribution < 1.29 is 13.2 Å². The molecule has 2 heterocycles. The number of halogens is 3. The first kappa shape index (κ1) is 17.0. The van der Waals surface area contributed by atoms with Crippen LogP contribution in [0.15, 0.2) is 24.4 Å². The van der Waals surface area contributed by atoms with E-state index in [0.717, 1.165) is 37.1 Å². The molecule has 1 saturated heterocycles. The summed E-state index contributed by atoms with van der Waals surface area (Å²) < 4.78 is 38.9. The lowest BCUT2D eigenvalue weighted by molar-refractivity contribution is -0.144. The molecule has 1 N–H and O–H groups in total. The summed E-state index contributed by atoms with van der Waals surface area (Å²) in [7, 11) is 0. The number of piperidine rings is 1. The second kappa shape index (κ2) is 7.38. The number of nitrogens with zero attached hydrogens (tertiary/aromatic N) is 2. The number of alkyl halides is 3. The van der Waals surface area contributed by atoms with Crippen LogP contribution in [0.25, 0.3) is 12.2 Å². The molecule has 1 fully saturated rings. The number of rotatable bonds is 4. The summed E-state index contributed by atoms with van der Waals surface area (Å²) in [6.45, 7) is 3.98. The quantitative estimate of drug-likeness (QED) is 0.914. The molecule has 0 radical (unpaired) electrons. The van der Waals surface area contributed by atoms with Gasteiger partial charge in [-0.25, -0.2) is 0 Å². The summed E-state index contributed by atoms with van der Waals surface area (Å²) in [5, 5.41) is 4.45. The van der Waals surface area contributed by atoms with Gasteiger partial charge < -0.3 is 10.2 Å². The first-order chi connectivity index (χ1) is 11.5. The molecule has 2 aliphatic rings. The van der Waals surface area contributed by atoms with Crippen LogP contribution in [0, 0.1) is 5.92 Å². The summed E-state index contributed by atoms with van der Waals surface area (Å²) in [6.07, 6.45) is 6.60. The number of allylic oxidation sites excluding steroid dienone is 2. The van der Waals surface area contributed by atoms with Crippen molar-refractivity contribution in [3.8, 4) is 0 Å². The molecular weight excluding hydrogens is 315 g/mol. The van der Waals surface area contributed by atoms with Crippen molar-refractivity contribution in [2.24, 2.45) is 5.92 Å². The number of anilines is 1. The van der Waals surface area contributed by atoms with Crippen molar-refractivity contribution in [1.82, 2.24) is 9.88 Å². The highest BCUT2D eigenvalue weighted by Gasteiger charge is 2.36. The molecule has 3 nitrogen and oxygen atoms in total. The number of hydrogen-bond acceptors (Lipinski definition) is 3. The van der Waals surface area contributed by atoms with E-state index < -0.39 is 12.1 Å². The van der Waals surface area contributed by atoms with Gasteiger partial charge in [-0.05, 0) is 38.1 Å². The third kappa shape index (κ3) is 4.17. The smallest absolute Gasteiger partial charge is 0.383 e. The number of fused-ring (bicyclic) bond motifs is 1. The number of likely N-dealkylation sites (tertiary alicyclic amines) is 1. The van der Waals surface area contributed by atoms with E-state index in [1.165, 1.54) is 37.5 Å². The molecule has 1 atom stereocenters. The number of aromatic nitrogens is 1. The molecule has 130 valence electrons. The van der Waals surface area contributed by atoms with Crippen LogP contribution in [0.5, 0.6) is 0 Å². The molecular formula is C18H22F3N3. The summed E-state index contributed by atoms with van der Waals surface area (Å²) in [5.41, 5.74) is 0.834. The van der Waals surface area contributed by atoms with E-state index in [0.29, 0.717) is 5.35 Å². The summed E-state index contributed by atoms with van der Waals surface area (Å²) in [5.74, 6) is -1.59. The fourth-order valence-corrected chi connectivity index (χ4v) is 3.18. The molecule has 0 spiro atoms. The van der Waals surface area contributed by atoms with Gasteiger partial charge in [0, 0.05) is 30.2 Å². The molecule has 1 aromatic rings. The highest BCUT2D eigenvalue weighted by molar-refractivity contribution is 5.55. The minimum absolute atomic E-state index is 0.380. The molecule has 0 aromatic carbocycles. The van der Waals surface area contributed by atoms with Gasteiger partial charge in [-0.2, -0.15) is 13.2 Å². The Morgan fingerprint density at radius 3 is 2.75 bits per heavy atom. The van der Waals surface area contributed by atoms with E-state index in [2.05, 4.69) is 15.2 Å². The second-order valence-corrected chi connectivity index (χ2v) is 6.27. The number of pyridine rings is 1. The average molecular weight is 337 g/mol. The van der Waals surface area contributed by atoms with Crippen molar-refractivity contribution in [2.75, 3.05) is 31.5 Å². The Bertz CT molecular complexity index is 703. The van der Waals surface area contributed by atoms with Crippen LogP contribution in [0.4, 0.5) is 18.9 Å². The van der Waals surface area contributed by atoms with E-state index in [1.54, 1.807) is 12.3 Å². The topological polar surface area (TPSA) is 28.2 Å².